The Labute approximate surface area is 122 Å². The molecule has 0 atom stereocenters. The molecule has 0 saturated heterocycles. The molecule has 1 aliphatic carbocycles. The van der Waals surface area contributed by atoms with Gasteiger partial charge in [-0.15, -0.1) is 0 Å². The van der Waals surface area contributed by atoms with Crippen molar-refractivity contribution < 1.29 is 9.53 Å². The van der Waals surface area contributed by atoms with Crippen LogP contribution in [0, 0.1) is 0 Å². The van der Waals surface area contributed by atoms with Crippen LogP contribution < -0.4 is 15.4 Å². The molecule has 0 spiro atoms. The fourth-order valence-corrected chi connectivity index (χ4v) is 2.03. The SMILES string of the molecule is O=C(CCNCCOc1cccc(Br)c1)NC1CC1. The summed E-state index contributed by atoms with van der Waals surface area (Å²) in [6.07, 6.45) is 2.81. The number of carbonyl (C=O) groups is 1. The van der Waals surface area contributed by atoms with Gasteiger partial charge in [-0.1, -0.05) is 22.0 Å². The summed E-state index contributed by atoms with van der Waals surface area (Å²) in [5.41, 5.74) is 0. The number of carbonyl (C=O) groups excluding carboxylic acids is 1. The summed E-state index contributed by atoms with van der Waals surface area (Å²) < 4.78 is 6.58. The zero-order chi connectivity index (χ0) is 13.5. The summed E-state index contributed by atoms with van der Waals surface area (Å²) in [5.74, 6) is 0.991. The van der Waals surface area contributed by atoms with Gasteiger partial charge in [0.25, 0.3) is 0 Å². The van der Waals surface area contributed by atoms with Gasteiger partial charge in [-0.3, -0.25) is 4.79 Å². The zero-order valence-electron chi connectivity index (χ0n) is 10.8. The third kappa shape index (κ3) is 6.07. The Morgan fingerprint density at radius 3 is 2.95 bits per heavy atom. The maximum Gasteiger partial charge on any atom is 0.221 e. The lowest BCUT2D eigenvalue weighted by molar-refractivity contribution is -0.121. The van der Waals surface area contributed by atoms with E-state index in [1.807, 2.05) is 24.3 Å². The van der Waals surface area contributed by atoms with Crippen LogP contribution in [0.2, 0.25) is 0 Å². The largest absolute Gasteiger partial charge is 0.492 e. The molecule has 1 aromatic rings. The Morgan fingerprint density at radius 2 is 2.21 bits per heavy atom. The van der Waals surface area contributed by atoms with E-state index in [1.54, 1.807) is 0 Å². The molecule has 0 heterocycles. The highest BCUT2D eigenvalue weighted by atomic mass is 79.9. The molecule has 0 unspecified atom stereocenters. The lowest BCUT2D eigenvalue weighted by Crippen LogP contribution is -2.30. The molecule has 1 amide bonds. The Bertz CT molecular complexity index is 422. The van der Waals surface area contributed by atoms with Crippen LogP contribution in [0.25, 0.3) is 0 Å². The van der Waals surface area contributed by atoms with E-state index in [1.165, 1.54) is 0 Å². The summed E-state index contributed by atoms with van der Waals surface area (Å²) in [4.78, 5) is 11.4. The standard InChI is InChI=1S/C14H19BrN2O2/c15-11-2-1-3-13(10-11)19-9-8-16-7-6-14(18)17-12-4-5-12/h1-3,10,12,16H,4-9H2,(H,17,18). The van der Waals surface area contributed by atoms with Gasteiger partial charge in [0.1, 0.15) is 12.4 Å². The summed E-state index contributed by atoms with van der Waals surface area (Å²) in [7, 11) is 0. The fourth-order valence-electron chi connectivity index (χ4n) is 1.65. The lowest BCUT2D eigenvalue weighted by Gasteiger charge is -2.08. The molecule has 19 heavy (non-hydrogen) atoms. The maximum atomic E-state index is 11.4. The smallest absolute Gasteiger partial charge is 0.221 e. The van der Waals surface area contributed by atoms with Crippen molar-refractivity contribution in [2.24, 2.45) is 0 Å². The van der Waals surface area contributed by atoms with E-state index in [9.17, 15) is 4.79 Å². The first-order valence-corrected chi connectivity index (χ1v) is 7.42. The summed E-state index contributed by atoms with van der Waals surface area (Å²) >= 11 is 3.40. The molecule has 2 N–H and O–H groups in total. The summed E-state index contributed by atoms with van der Waals surface area (Å²) in [6, 6.07) is 8.21. The van der Waals surface area contributed by atoms with Crippen LogP contribution in [0.4, 0.5) is 0 Å². The monoisotopic (exact) mass is 326 g/mol. The highest BCUT2D eigenvalue weighted by Crippen LogP contribution is 2.18. The molecule has 1 aromatic carbocycles. The lowest BCUT2D eigenvalue weighted by atomic mass is 10.3. The van der Waals surface area contributed by atoms with Gasteiger partial charge in [-0.2, -0.15) is 0 Å². The quantitative estimate of drug-likeness (QED) is 0.719. The third-order valence-electron chi connectivity index (χ3n) is 2.81. The van der Waals surface area contributed by atoms with Crippen molar-refractivity contribution >= 4 is 21.8 Å². The number of benzene rings is 1. The number of hydrogen-bond acceptors (Lipinski definition) is 3. The molecule has 1 saturated carbocycles. The van der Waals surface area contributed by atoms with Crippen molar-refractivity contribution in [1.82, 2.24) is 10.6 Å². The zero-order valence-corrected chi connectivity index (χ0v) is 12.4. The molecule has 0 bridgehead atoms. The van der Waals surface area contributed by atoms with Gasteiger partial charge in [0, 0.05) is 30.0 Å². The minimum absolute atomic E-state index is 0.142. The average Bonchev–Trinajstić information content (AvgIpc) is 3.17. The highest BCUT2D eigenvalue weighted by molar-refractivity contribution is 9.10. The Hall–Kier alpha value is -1.07. The Morgan fingerprint density at radius 1 is 1.37 bits per heavy atom. The van der Waals surface area contributed by atoms with Crippen LogP contribution in [-0.2, 0) is 4.79 Å². The minimum atomic E-state index is 0.142. The van der Waals surface area contributed by atoms with Gasteiger partial charge in [0.05, 0.1) is 0 Å². The van der Waals surface area contributed by atoms with Crippen LogP contribution in [0.5, 0.6) is 5.75 Å². The second-order valence-corrected chi connectivity index (χ2v) is 5.56. The number of halogens is 1. The summed E-state index contributed by atoms with van der Waals surface area (Å²) in [6.45, 7) is 2.03. The van der Waals surface area contributed by atoms with Gasteiger partial charge in [0.2, 0.25) is 5.91 Å². The second kappa shape index (κ2) is 7.50. The molecule has 5 heteroatoms. The molecule has 104 valence electrons. The van der Waals surface area contributed by atoms with Crippen LogP contribution in [0.15, 0.2) is 28.7 Å². The van der Waals surface area contributed by atoms with Crippen LogP contribution in [0.1, 0.15) is 19.3 Å². The number of nitrogens with one attached hydrogen (secondary N) is 2. The predicted octanol–water partition coefficient (Wildman–Crippen LogP) is 2.09. The molecule has 0 aliphatic heterocycles. The van der Waals surface area contributed by atoms with Gasteiger partial charge in [0.15, 0.2) is 0 Å². The topological polar surface area (TPSA) is 50.4 Å². The number of amides is 1. The number of hydrogen-bond donors (Lipinski definition) is 2. The molecule has 1 fully saturated rings. The van der Waals surface area contributed by atoms with Crippen molar-refractivity contribution in [1.29, 1.82) is 0 Å². The van der Waals surface area contributed by atoms with Crippen LogP contribution >= 0.6 is 15.9 Å². The normalized spacial score (nSPS) is 14.2. The number of ether oxygens (including phenoxy) is 1. The van der Waals surface area contributed by atoms with Crippen molar-refractivity contribution in [3.8, 4) is 5.75 Å². The van der Waals surface area contributed by atoms with Gasteiger partial charge in [-0.25, -0.2) is 0 Å². The minimum Gasteiger partial charge on any atom is -0.492 e. The molecule has 0 radical (unpaired) electrons. The first kappa shape index (κ1) is 14.3. The molecular formula is C14H19BrN2O2. The first-order valence-electron chi connectivity index (χ1n) is 6.62. The van der Waals surface area contributed by atoms with E-state index in [-0.39, 0.29) is 5.91 Å². The Balaban J connectivity index is 1.48. The molecular weight excluding hydrogens is 308 g/mol. The summed E-state index contributed by atoms with van der Waals surface area (Å²) in [5, 5.41) is 6.16. The van der Waals surface area contributed by atoms with Crippen molar-refractivity contribution in [2.45, 2.75) is 25.3 Å². The average molecular weight is 327 g/mol. The molecule has 0 aromatic heterocycles. The van der Waals surface area contributed by atoms with Gasteiger partial charge >= 0.3 is 0 Å². The predicted molar refractivity (Wildman–Crippen MR) is 78.3 cm³/mol. The Kier molecular flexibility index (Phi) is 5.66. The van der Waals surface area contributed by atoms with Crippen LogP contribution in [-0.4, -0.2) is 31.6 Å². The third-order valence-corrected chi connectivity index (χ3v) is 3.31. The van der Waals surface area contributed by atoms with E-state index in [4.69, 9.17) is 4.74 Å². The van der Waals surface area contributed by atoms with Gasteiger partial charge < -0.3 is 15.4 Å². The maximum absolute atomic E-state index is 11.4. The molecule has 4 nitrogen and oxygen atoms in total. The fraction of sp³-hybridized carbons (Fsp3) is 0.500. The second-order valence-electron chi connectivity index (χ2n) is 4.65. The van der Waals surface area contributed by atoms with E-state index in [0.29, 0.717) is 25.6 Å². The highest BCUT2D eigenvalue weighted by Gasteiger charge is 2.22. The van der Waals surface area contributed by atoms with Crippen molar-refractivity contribution in [3.63, 3.8) is 0 Å². The molecule has 2 rings (SSSR count). The van der Waals surface area contributed by atoms with E-state index < -0.39 is 0 Å². The van der Waals surface area contributed by atoms with Crippen molar-refractivity contribution in [2.75, 3.05) is 19.7 Å². The van der Waals surface area contributed by atoms with E-state index in [2.05, 4.69) is 26.6 Å². The number of rotatable bonds is 8. The van der Waals surface area contributed by atoms with Gasteiger partial charge in [-0.05, 0) is 31.0 Å². The first-order chi connectivity index (χ1) is 9.24. The molecule has 1 aliphatic rings. The van der Waals surface area contributed by atoms with Crippen LogP contribution in [0.3, 0.4) is 0 Å². The van der Waals surface area contributed by atoms with Crippen molar-refractivity contribution in [3.05, 3.63) is 28.7 Å². The van der Waals surface area contributed by atoms with E-state index >= 15 is 0 Å². The van der Waals surface area contributed by atoms with E-state index in [0.717, 1.165) is 29.6 Å².